The summed E-state index contributed by atoms with van der Waals surface area (Å²) in [6, 6.07) is 19.1. The number of para-hydroxylation sites is 2. The topological polar surface area (TPSA) is 61.4 Å². The van der Waals surface area contributed by atoms with Crippen LogP contribution in [0.3, 0.4) is 0 Å². The summed E-state index contributed by atoms with van der Waals surface area (Å²) in [4.78, 5) is 25.8. The van der Waals surface area contributed by atoms with Crippen LogP contribution in [0, 0.1) is 0 Å². The van der Waals surface area contributed by atoms with Crippen LogP contribution >= 0.6 is 11.6 Å². The molecule has 1 aliphatic rings. The van der Waals surface area contributed by atoms with Gasteiger partial charge in [-0.3, -0.25) is 4.79 Å². The molecule has 6 nitrogen and oxygen atoms in total. The Morgan fingerprint density at radius 2 is 1.57 bits per heavy atom. The van der Waals surface area contributed by atoms with E-state index in [1.54, 1.807) is 24.4 Å². The first kappa shape index (κ1) is 18.3. The molecule has 0 spiro atoms. The summed E-state index contributed by atoms with van der Waals surface area (Å²) in [7, 11) is 0. The average Bonchev–Trinajstić information content (AvgIpc) is 2.76. The third kappa shape index (κ3) is 4.07. The Bertz CT molecular complexity index is 958. The molecule has 142 valence electrons. The SMILES string of the molecule is O=C(Nc1ccccc1Cl)c1ccnc(N2CCN(c3ccccc3)CC2)n1. The van der Waals surface area contributed by atoms with Gasteiger partial charge in [0.15, 0.2) is 0 Å². The first-order chi connectivity index (χ1) is 13.7. The van der Waals surface area contributed by atoms with E-state index in [2.05, 4.69) is 37.2 Å². The number of piperazine rings is 1. The van der Waals surface area contributed by atoms with Crippen molar-refractivity contribution in [2.24, 2.45) is 0 Å². The van der Waals surface area contributed by atoms with Crippen LogP contribution in [0.4, 0.5) is 17.3 Å². The third-order valence-corrected chi connectivity index (χ3v) is 5.01. The van der Waals surface area contributed by atoms with E-state index in [9.17, 15) is 4.79 Å². The number of nitrogens with one attached hydrogen (secondary N) is 1. The molecule has 4 rings (SSSR count). The van der Waals surface area contributed by atoms with Crippen molar-refractivity contribution < 1.29 is 4.79 Å². The standard InChI is InChI=1S/C21H20ClN5O/c22-17-8-4-5-9-18(17)24-20(28)19-10-11-23-21(25-19)27-14-12-26(13-15-27)16-6-2-1-3-7-16/h1-11H,12-15H2,(H,24,28). The Morgan fingerprint density at radius 3 is 2.32 bits per heavy atom. The summed E-state index contributed by atoms with van der Waals surface area (Å²) in [5, 5.41) is 3.29. The zero-order valence-electron chi connectivity index (χ0n) is 15.3. The van der Waals surface area contributed by atoms with Crippen molar-refractivity contribution >= 4 is 34.8 Å². The van der Waals surface area contributed by atoms with Gasteiger partial charge in [-0.25, -0.2) is 9.97 Å². The number of aromatic nitrogens is 2. The van der Waals surface area contributed by atoms with E-state index < -0.39 is 0 Å². The molecule has 0 radical (unpaired) electrons. The maximum absolute atomic E-state index is 12.6. The van der Waals surface area contributed by atoms with Crippen LogP contribution in [0.5, 0.6) is 0 Å². The van der Waals surface area contributed by atoms with Gasteiger partial charge in [-0.2, -0.15) is 0 Å². The molecular weight excluding hydrogens is 374 g/mol. The average molecular weight is 394 g/mol. The molecule has 0 atom stereocenters. The van der Waals surface area contributed by atoms with Crippen molar-refractivity contribution in [2.75, 3.05) is 41.3 Å². The molecule has 0 unspecified atom stereocenters. The smallest absolute Gasteiger partial charge is 0.274 e. The number of hydrogen-bond acceptors (Lipinski definition) is 5. The molecule has 2 heterocycles. The summed E-state index contributed by atoms with van der Waals surface area (Å²) in [6.07, 6.45) is 1.62. The summed E-state index contributed by atoms with van der Waals surface area (Å²) in [6.45, 7) is 3.35. The molecule has 0 saturated carbocycles. The summed E-state index contributed by atoms with van der Waals surface area (Å²) >= 11 is 6.11. The van der Waals surface area contributed by atoms with Gasteiger partial charge in [0.2, 0.25) is 5.95 Å². The highest BCUT2D eigenvalue weighted by Gasteiger charge is 2.20. The Hall–Kier alpha value is -3.12. The van der Waals surface area contributed by atoms with Gasteiger partial charge in [0.1, 0.15) is 5.69 Å². The molecule has 1 amide bonds. The summed E-state index contributed by atoms with van der Waals surface area (Å²) < 4.78 is 0. The maximum atomic E-state index is 12.6. The normalized spacial score (nSPS) is 14.0. The lowest BCUT2D eigenvalue weighted by atomic mass is 10.2. The molecule has 1 saturated heterocycles. The molecule has 7 heteroatoms. The van der Waals surface area contributed by atoms with E-state index in [-0.39, 0.29) is 5.91 Å². The van der Waals surface area contributed by atoms with E-state index in [0.717, 1.165) is 26.2 Å². The number of halogens is 1. The van der Waals surface area contributed by atoms with Crippen LogP contribution in [0.15, 0.2) is 66.9 Å². The van der Waals surface area contributed by atoms with Crippen LogP contribution in [0.25, 0.3) is 0 Å². The van der Waals surface area contributed by atoms with Gasteiger partial charge in [0, 0.05) is 38.1 Å². The van der Waals surface area contributed by atoms with Crippen molar-refractivity contribution in [3.63, 3.8) is 0 Å². The van der Waals surface area contributed by atoms with Crippen LogP contribution in [0.2, 0.25) is 5.02 Å². The fraction of sp³-hybridized carbons (Fsp3) is 0.190. The quantitative estimate of drug-likeness (QED) is 0.732. The van der Waals surface area contributed by atoms with Gasteiger partial charge in [-0.15, -0.1) is 0 Å². The van der Waals surface area contributed by atoms with E-state index in [1.165, 1.54) is 5.69 Å². The number of rotatable bonds is 4. The molecule has 1 N–H and O–H groups in total. The first-order valence-electron chi connectivity index (χ1n) is 9.14. The van der Waals surface area contributed by atoms with Crippen LogP contribution in [0.1, 0.15) is 10.5 Å². The lowest BCUT2D eigenvalue weighted by molar-refractivity contribution is 0.102. The van der Waals surface area contributed by atoms with Crippen LogP contribution in [-0.4, -0.2) is 42.1 Å². The molecule has 1 aliphatic heterocycles. The predicted molar refractivity (Wildman–Crippen MR) is 112 cm³/mol. The number of amides is 1. The first-order valence-corrected chi connectivity index (χ1v) is 9.52. The molecule has 2 aromatic carbocycles. The second-order valence-electron chi connectivity index (χ2n) is 6.49. The minimum absolute atomic E-state index is 0.306. The zero-order valence-corrected chi connectivity index (χ0v) is 16.0. The fourth-order valence-electron chi connectivity index (χ4n) is 3.18. The highest BCUT2D eigenvalue weighted by atomic mass is 35.5. The van der Waals surface area contributed by atoms with Crippen molar-refractivity contribution in [1.29, 1.82) is 0 Å². The van der Waals surface area contributed by atoms with Gasteiger partial charge in [-0.05, 0) is 30.3 Å². The highest BCUT2D eigenvalue weighted by Crippen LogP contribution is 2.21. The summed E-state index contributed by atoms with van der Waals surface area (Å²) in [5.41, 5.74) is 2.09. The minimum Gasteiger partial charge on any atom is -0.368 e. The lowest BCUT2D eigenvalue weighted by Gasteiger charge is -2.36. The van der Waals surface area contributed by atoms with Crippen LogP contribution < -0.4 is 15.1 Å². The second kappa shape index (κ2) is 8.27. The van der Waals surface area contributed by atoms with Crippen molar-refractivity contribution in [3.8, 4) is 0 Å². The molecule has 28 heavy (non-hydrogen) atoms. The number of nitrogens with zero attached hydrogens (tertiary/aromatic N) is 4. The van der Waals surface area contributed by atoms with Crippen LogP contribution in [-0.2, 0) is 0 Å². The van der Waals surface area contributed by atoms with Crippen molar-refractivity contribution in [3.05, 3.63) is 77.6 Å². The molecule has 1 fully saturated rings. The highest BCUT2D eigenvalue weighted by molar-refractivity contribution is 6.33. The Morgan fingerprint density at radius 1 is 0.893 bits per heavy atom. The molecule has 0 bridgehead atoms. The zero-order chi connectivity index (χ0) is 19.3. The van der Waals surface area contributed by atoms with Gasteiger partial charge in [0.05, 0.1) is 10.7 Å². The van der Waals surface area contributed by atoms with E-state index in [1.807, 2.05) is 30.3 Å². The van der Waals surface area contributed by atoms with E-state index in [0.29, 0.717) is 22.4 Å². The number of carbonyl (C=O) groups excluding carboxylic acids is 1. The second-order valence-corrected chi connectivity index (χ2v) is 6.89. The van der Waals surface area contributed by atoms with Gasteiger partial charge >= 0.3 is 0 Å². The molecular formula is C21H20ClN5O. The van der Waals surface area contributed by atoms with Crippen molar-refractivity contribution in [1.82, 2.24) is 9.97 Å². The van der Waals surface area contributed by atoms with Gasteiger partial charge in [0.25, 0.3) is 5.91 Å². The van der Waals surface area contributed by atoms with Gasteiger partial charge < -0.3 is 15.1 Å². The van der Waals surface area contributed by atoms with Crippen molar-refractivity contribution in [2.45, 2.75) is 0 Å². The largest absolute Gasteiger partial charge is 0.368 e. The van der Waals surface area contributed by atoms with E-state index in [4.69, 9.17) is 11.6 Å². The van der Waals surface area contributed by atoms with Gasteiger partial charge in [-0.1, -0.05) is 41.9 Å². The Labute approximate surface area is 168 Å². The number of anilines is 3. The Balaban J connectivity index is 1.43. The lowest BCUT2D eigenvalue weighted by Crippen LogP contribution is -2.47. The van der Waals surface area contributed by atoms with E-state index >= 15 is 0 Å². The number of benzene rings is 2. The monoisotopic (exact) mass is 393 g/mol. The fourth-order valence-corrected chi connectivity index (χ4v) is 3.36. The predicted octanol–water partition coefficient (Wildman–Crippen LogP) is 3.71. The minimum atomic E-state index is -0.306. The molecule has 3 aromatic rings. The molecule has 1 aromatic heterocycles. The molecule has 0 aliphatic carbocycles. The Kier molecular flexibility index (Phi) is 5.39. The maximum Gasteiger partial charge on any atom is 0.274 e. The number of carbonyl (C=O) groups is 1. The third-order valence-electron chi connectivity index (χ3n) is 4.68. The summed E-state index contributed by atoms with van der Waals surface area (Å²) in [5.74, 6) is 0.263. The number of hydrogen-bond donors (Lipinski definition) is 1.